The second kappa shape index (κ2) is 2.30. The molecule has 1 aliphatic heterocycles. The van der Waals surface area contributed by atoms with Crippen LogP contribution in [0.2, 0.25) is 0 Å². The van der Waals surface area contributed by atoms with Gasteiger partial charge in [0.05, 0.1) is 4.83 Å². The molecule has 0 saturated heterocycles. The summed E-state index contributed by atoms with van der Waals surface area (Å²) in [5.41, 5.74) is 0.909. The molecule has 0 aliphatic carbocycles. The monoisotopic (exact) mass is 212 g/mol. The third-order valence-electron chi connectivity index (χ3n) is 1.56. The number of aromatic amines is 1. The minimum atomic E-state index is -0.109. The summed E-state index contributed by atoms with van der Waals surface area (Å²) in [5.74, 6) is 0.666. The fourth-order valence-corrected chi connectivity index (χ4v) is 1.51. The molecule has 56 valence electrons. The van der Waals surface area contributed by atoms with Crippen LogP contribution >= 0.6 is 15.9 Å². The molecule has 1 aromatic heterocycles. The van der Waals surface area contributed by atoms with E-state index in [4.69, 9.17) is 0 Å². The lowest BCUT2D eigenvalue weighted by Gasteiger charge is -1.97. The van der Waals surface area contributed by atoms with Crippen LogP contribution in [0, 0.1) is 0 Å². The molecule has 1 aromatic rings. The molecule has 1 N–H and O–H groups in total. The van der Waals surface area contributed by atoms with Gasteiger partial charge in [-0.15, -0.1) is 0 Å². The number of aromatic nitrogens is 1. The third kappa shape index (κ3) is 1.03. The number of nitrogens with zero attached hydrogens (tertiary/aromatic N) is 1. The van der Waals surface area contributed by atoms with Crippen LogP contribution in [0.5, 0.6) is 0 Å². The van der Waals surface area contributed by atoms with E-state index in [1.807, 2.05) is 0 Å². The number of H-pyrrole nitrogens is 1. The van der Waals surface area contributed by atoms with Crippen molar-refractivity contribution in [2.24, 2.45) is 4.99 Å². The molecule has 0 aromatic carbocycles. The van der Waals surface area contributed by atoms with Crippen molar-refractivity contribution in [1.29, 1.82) is 0 Å². The smallest absolute Gasteiger partial charge is 0.249 e. The Morgan fingerprint density at radius 1 is 1.55 bits per heavy atom. The highest BCUT2D eigenvalue weighted by Crippen LogP contribution is 2.32. The Hall–Kier alpha value is -0.900. The molecule has 1 aliphatic rings. The van der Waals surface area contributed by atoms with Crippen LogP contribution < -0.4 is 5.56 Å². The molecule has 0 radical (unpaired) electrons. The molecule has 4 heteroatoms. The predicted octanol–water partition coefficient (Wildman–Crippen LogP) is 1.53. The second-order valence-corrected chi connectivity index (χ2v) is 3.29. The lowest BCUT2D eigenvalue weighted by atomic mass is 10.2. The van der Waals surface area contributed by atoms with Crippen LogP contribution in [0.3, 0.4) is 0 Å². The standard InChI is InChI=1S/C7H5BrN2O/c8-5-3-9-7-4(5)1-2-6(11)10-7/h1-3,5H,(H,10,11). The van der Waals surface area contributed by atoms with E-state index in [0.29, 0.717) is 5.82 Å². The molecule has 2 rings (SSSR count). The minimum absolute atomic E-state index is 0.109. The highest BCUT2D eigenvalue weighted by molar-refractivity contribution is 9.09. The van der Waals surface area contributed by atoms with Crippen LogP contribution in [0.4, 0.5) is 5.82 Å². The molecule has 0 spiro atoms. The third-order valence-corrected chi connectivity index (χ3v) is 2.29. The van der Waals surface area contributed by atoms with Gasteiger partial charge in [-0.1, -0.05) is 15.9 Å². The average molecular weight is 213 g/mol. The maximum absolute atomic E-state index is 10.8. The number of pyridine rings is 1. The summed E-state index contributed by atoms with van der Waals surface area (Å²) in [6.07, 6.45) is 1.75. The molecule has 0 fully saturated rings. The Balaban J connectivity index is 2.67. The van der Waals surface area contributed by atoms with Crippen molar-refractivity contribution in [1.82, 2.24) is 4.98 Å². The van der Waals surface area contributed by atoms with E-state index in [0.717, 1.165) is 5.56 Å². The predicted molar refractivity (Wildman–Crippen MR) is 46.9 cm³/mol. The molecule has 1 atom stereocenters. The van der Waals surface area contributed by atoms with Gasteiger partial charge in [0.2, 0.25) is 5.56 Å². The van der Waals surface area contributed by atoms with Crippen molar-refractivity contribution in [3.8, 4) is 0 Å². The zero-order chi connectivity index (χ0) is 7.84. The summed E-state index contributed by atoms with van der Waals surface area (Å²) in [5, 5.41) is 0. The van der Waals surface area contributed by atoms with Crippen molar-refractivity contribution in [3.63, 3.8) is 0 Å². The van der Waals surface area contributed by atoms with E-state index in [-0.39, 0.29) is 10.4 Å². The zero-order valence-electron chi connectivity index (χ0n) is 5.54. The molecule has 0 bridgehead atoms. The van der Waals surface area contributed by atoms with Gasteiger partial charge in [-0.3, -0.25) is 4.79 Å². The van der Waals surface area contributed by atoms with Gasteiger partial charge in [-0.25, -0.2) is 4.99 Å². The van der Waals surface area contributed by atoms with E-state index >= 15 is 0 Å². The lowest BCUT2D eigenvalue weighted by molar-refractivity contribution is 1.19. The zero-order valence-corrected chi connectivity index (χ0v) is 7.13. The Kier molecular flexibility index (Phi) is 1.42. The van der Waals surface area contributed by atoms with Gasteiger partial charge in [-0.05, 0) is 6.07 Å². The van der Waals surface area contributed by atoms with Crippen LogP contribution in [0.1, 0.15) is 10.4 Å². The van der Waals surface area contributed by atoms with E-state index < -0.39 is 0 Å². The first-order valence-electron chi connectivity index (χ1n) is 3.19. The molecular weight excluding hydrogens is 208 g/mol. The van der Waals surface area contributed by atoms with Gasteiger partial charge < -0.3 is 4.98 Å². The number of nitrogens with one attached hydrogen (secondary N) is 1. The maximum atomic E-state index is 10.8. The molecular formula is C7H5BrN2O. The summed E-state index contributed by atoms with van der Waals surface area (Å²) in [6, 6.07) is 3.28. The fourth-order valence-electron chi connectivity index (χ4n) is 1.02. The first-order chi connectivity index (χ1) is 5.27. The summed E-state index contributed by atoms with van der Waals surface area (Å²) < 4.78 is 0. The second-order valence-electron chi connectivity index (χ2n) is 2.31. The van der Waals surface area contributed by atoms with E-state index in [9.17, 15) is 4.79 Å². The molecule has 0 amide bonds. The van der Waals surface area contributed by atoms with Crippen LogP contribution in [0.25, 0.3) is 0 Å². The van der Waals surface area contributed by atoms with Crippen molar-refractivity contribution in [2.45, 2.75) is 4.83 Å². The Labute approximate surface area is 71.3 Å². The van der Waals surface area contributed by atoms with Crippen molar-refractivity contribution < 1.29 is 0 Å². The number of hydrogen-bond acceptors (Lipinski definition) is 2. The topological polar surface area (TPSA) is 45.2 Å². The van der Waals surface area contributed by atoms with E-state index in [1.54, 1.807) is 12.3 Å². The van der Waals surface area contributed by atoms with Crippen molar-refractivity contribution in [2.75, 3.05) is 0 Å². The Morgan fingerprint density at radius 3 is 3.18 bits per heavy atom. The minimum Gasteiger partial charge on any atom is -0.307 e. The largest absolute Gasteiger partial charge is 0.307 e. The van der Waals surface area contributed by atoms with Gasteiger partial charge in [-0.2, -0.15) is 0 Å². The number of halogens is 1. The molecule has 1 unspecified atom stereocenters. The number of aliphatic imine (C=N–C) groups is 1. The first-order valence-corrected chi connectivity index (χ1v) is 4.10. The van der Waals surface area contributed by atoms with Crippen LogP contribution in [-0.4, -0.2) is 11.2 Å². The summed E-state index contributed by atoms with van der Waals surface area (Å²) in [4.78, 5) is 17.6. The highest BCUT2D eigenvalue weighted by Gasteiger charge is 2.15. The van der Waals surface area contributed by atoms with Gasteiger partial charge in [0.1, 0.15) is 5.82 Å². The first kappa shape index (κ1) is 6.79. The van der Waals surface area contributed by atoms with Crippen LogP contribution in [-0.2, 0) is 0 Å². The Morgan fingerprint density at radius 2 is 2.36 bits per heavy atom. The number of fused-ring (bicyclic) bond motifs is 1. The quantitative estimate of drug-likeness (QED) is 0.652. The SMILES string of the molecule is O=c1ccc2c([nH]1)N=CC2Br. The molecule has 11 heavy (non-hydrogen) atoms. The Bertz CT molecular complexity index is 369. The molecule has 0 saturated carbocycles. The van der Waals surface area contributed by atoms with E-state index in [1.165, 1.54) is 6.07 Å². The van der Waals surface area contributed by atoms with Gasteiger partial charge in [0, 0.05) is 17.8 Å². The van der Waals surface area contributed by atoms with Crippen molar-refractivity contribution >= 4 is 28.0 Å². The highest BCUT2D eigenvalue weighted by atomic mass is 79.9. The average Bonchev–Trinajstić information content (AvgIpc) is 2.32. The number of hydrogen-bond donors (Lipinski definition) is 1. The summed E-state index contributed by atoms with van der Waals surface area (Å²) in [7, 11) is 0. The maximum Gasteiger partial charge on any atom is 0.249 e. The normalized spacial score (nSPS) is 20.3. The summed E-state index contributed by atoms with van der Waals surface area (Å²) >= 11 is 3.39. The lowest BCUT2D eigenvalue weighted by Crippen LogP contribution is -2.02. The molecule has 2 heterocycles. The number of alkyl halides is 1. The summed E-state index contributed by atoms with van der Waals surface area (Å²) in [6.45, 7) is 0. The fraction of sp³-hybridized carbons (Fsp3) is 0.143. The van der Waals surface area contributed by atoms with E-state index in [2.05, 4.69) is 25.9 Å². The van der Waals surface area contributed by atoms with Crippen molar-refractivity contribution in [3.05, 3.63) is 28.0 Å². The van der Waals surface area contributed by atoms with Crippen LogP contribution in [0.15, 0.2) is 21.9 Å². The number of rotatable bonds is 0. The molecule has 3 nitrogen and oxygen atoms in total. The van der Waals surface area contributed by atoms with Gasteiger partial charge in [0.25, 0.3) is 0 Å². The van der Waals surface area contributed by atoms with Gasteiger partial charge in [0.15, 0.2) is 0 Å². The van der Waals surface area contributed by atoms with Gasteiger partial charge >= 0.3 is 0 Å².